The molecule has 2 heterocycles. The fourth-order valence-electron chi connectivity index (χ4n) is 3.63. The van der Waals surface area contributed by atoms with Crippen LogP contribution in [-0.4, -0.2) is 31.1 Å². The van der Waals surface area contributed by atoms with Crippen LogP contribution >= 0.6 is 0 Å². The van der Waals surface area contributed by atoms with Gasteiger partial charge in [0.1, 0.15) is 11.6 Å². The van der Waals surface area contributed by atoms with Gasteiger partial charge in [0.05, 0.1) is 24.9 Å². The maximum Gasteiger partial charge on any atom is 0.231 e. The number of benzene rings is 2. The molecule has 1 saturated heterocycles. The van der Waals surface area contributed by atoms with Crippen LogP contribution < -0.4 is 15.0 Å². The minimum Gasteiger partial charge on any atom is -0.497 e. The molecule has 0 saturated carbocycles. The number of amides is 1. The monoisotopic (exact) mass is 375 g/mol. The number of methoxy groups -OCH3 is 1. The van der Waals surface area contributed by atoms with Crippen LogP contribution in [0.25, 0.3) is 10.8 Å². The summed E-state index contributed by atoms with van der Waals surface area (Å²) in [4.78, 5) is 19.5. The van der Waals surface area contributed by atoms with Crippen molar-refractivity contribution >= 4 is 28.2 Å². The first-order valence-electron chi connectivity index (χ1n) is 9.73. The van der Waals surface area contributed by atoms with Crippen LogP contribution in [0, 0.1) is 0 Å². The van der Waals surface area contributed by atoms with E-state index in [0.29, 0.717) is 0 Å². The Balaban J connectivity index is 1.46. The summed E-state index contributed by atoms with van der Waals surface area (Å²) in [7, 11) is 1.66. The first-order valence-corrected chi connectivity index (χ1v) is 9.73. The Bertz CT molecular complexity index is 979. The van der Waals surface area contributed by atoms with E-state index in [1.807, 2.05) is 49.4 Å². The molecule has 0 aliphatic carbocycles. The molecular weight excluding hydrogens is 350 g/mol. The highest BCUT2D eigenvalue weighted by Gasteiger charge is 2.17. The molecule has 4 rings (SSSR count). The molecule has 1 N–H and O–H groups in total. The molecule has 5 heteroatoms. The summed E-state index contributed by atoms with van der Waals surface area (Å²) in [6.07, 6.45) is 4.18. The Morgan fingerprint density at radius 3 is 2.54 bits per heavy atom. The Morgan fingerprint density at radius 1 is 1.07 bits per heavy atom. The van der Waals surface area contributed by atoms with Crippen molar-refractivity contribution in [1.82, 2.24) is 4.98 Å². The number of carbonyl (C=O) groups excluding carboxylic acids is 1. The van der Waals surface area contributed by atoms with E-state index >= 15 is 0 Å². The third kappa shape index (κ3) is 3.79. The number of nitrogens with one attached hydrogen (secondary N) is 1. The van der Waals surface area contributed by atoms with E-state index in [0.717, 1.165) is 46.7 Å². The SMILES string of the molecule is COc1ccc2cc([C@H](C)C(=O)Nc3ccc(N4CCCC4)nc3)ccc2c1. The van der Waals surface area contributed by atoms with E-state index in [4.69, 9.17) is 4.74 Å². The van der Waals surface area contributed by atoms with Crippen molar-refractivity contribution in [3.63, 3.8) is 0 Å². The first kappa shape index (κ1) is 18.3. The lowest BCUT2D eigenvalue weighted by atomic mass is 9.97. The van der Waals surface area contributed by atoms with Crippen molar-refractivity contribution < 1.29 is 9.53 Å². The van der Waals surface area contributed by atoms with Crippen LogP contribution in [0.2, 0.25) is 0 Å². The summed E-state index contributed by atoms with van der Waals surface area (Å²) in [6.45, 7) is 4.04. The van der Waals surface area contributed by atoms with Gasteiger partial charge in [-0.05, 0) is 60.4 Å². The Kier molecular flexibility index (Phi) is 5.15. The van der Waals surface area contributed by atoms with E-state index in [1.165, 1.54) is 12.8 Å². The molecule has 1 fully saturated rings. The summed E-state index contributed by atoms with van der Waals surface area (Å²) in [5.74, 6) is 1.51. The fraction of sp³-hybridized carbons (Fsp3) is 0.304. The maximum absolute atomic E-state index is 12.7. The highest BCUT2D eigenvalue weighted by Crippen LogP contribution is 2.26. The number of ether oxygens (including phenoxy) is 1. The van der Waals surface area contributed by atoms with E-state index in [2.05, 4.69) is 21.3 Å². The van der Waals surface area contributed by atoms with E-state index in [-0.39, 0.29) is 11.8 Å². The number of anilines is 2. The summed E-state index contributed by atoms with van der Waals surface area (Å²) < 4.78 is 5.27. The summed E-state index contributed by atoms with van der Waals surface area (Å²) in [6, 6.07) is 16.0. The van der Waals surface area contributed by atoms with Gasteiger partial charge in [-0.1, -0.05) is 24.3 Å². The van der Waals surface area contributed by atoms with Crippen LogP contribution in [0.3, 0.4) is 0 Å². The van der Waals surface area contributed by atoms with E-state index < -0.39 is 0 Å². The van der Waals surface area contributed by atoms with Crippen LogP contribution in [0.4, 0.5) is 11.5 Å². The number of fused-ring (bicyclic) bond motifs is 1. The third-order valence-corrected chi connectivity index (χ3v) is 5.41. The molecule has 1 aliphatic heterocycles. The number of nitrogens with zero attached hydrogens (tertiary/aromatic N) is 2. The van der Waals surface area contributed by atoms with Crippen molar-refractivity contribution in [2.45, 2.75) is 25.7 Å². The Labute approximate surface area is 165 Å². The summed E-state index contributed by atoms with van der Waals surface area (Å²) in [5, 5.41) is 5.17. The average molecular weight is 375 g/mol. The lowest BCUT2D eigenvalue weighted by Crippen LogP contribution is -2.20. The number of aromatic nitrogens is 1. The van der Waals surface area contributed by atoms with Crippen molar-refractivity contribution in [3.05, 3.63) is 60.3 Å². The zero-order valence-electron chi connectivity index (χ0n) is 16.3. The molecule has 144 valence electrons. The molecule has 28 heavy (non-hydrogen) atoms. The fourth-order valence-corrected chi connectivity index (χ4v) is 3.63. The predicted molar refractivity (Wildman–Crippen MR) is 113 cm³/mol. The second-order valence-electron chi connectivity index (χ2n) is 7.28. The number of hydrogen-bond acceptors (Lipinski definition) is 4. The minimum atomic E-state index is -0.259. The van der Waals surface area contributed by atoms with Gasteiger partial charge in [-0.25, -0.2) is 4.98 Å². The molecular formula is C23H25N3O2. The quantitative estimate of drug-likeness (QED) is 0.709. The summed E-state index contributed by atoms with van der Waals surface area (Å²) >= 11 is 0. The lowest BCUT2D eigenvalue weighted by Gasteiger charge is -2.17. The second-order valence-corrected chi connectivity index (χ2v) is 7.28. The molecule has 0 spiro atoms. The molecule has 3 aromatic rings. The molecule has 0 unspecified atom stereocenters. The third-order valence-electron chi connectivity index (χ3n) is 5.41. The topological polar surface area (TPSA) is 54.5 Å². The van der Waals surface area contributed by atoms with Crippen molar-refractivity contribution in [3.8, 4) is 5.75 Å². The molecule has 1 amide bonds. The Hall–Kier alpha value is -3.08. The normalized spacial score (nSPS) is 14.9. The van der Waals surface area contributed by atoms with Crippen LogP contribution in [-0.2, 0) is 4.79 Å². The van der Waals surface area contributed by atoms with Gasteiger partial charge < -0.3 is 15.0 Å². The van der Waals surface area contributed by atoms with Gasteiger partial charge in [-0.3, -0.25) is 4.79 Å². The minimum absolute atomic E-state index is 0.0383. The second kappa shape index (κ2) is 7.89. The van der Waals surface area contributed by atoms with Crippen LogP contribution in [0.5, 0.6) is 5.75 Å². The molecule has 1 aromatic heterocycles. The number of pyridine rings is 1. The van der Waals surface area contributed by atoms with Crippen molar-refractivity contribution in [2.24, 2.45) is 0 Å². The molecule has 2 aromatic carbocycles. The smallest absolute Gasteiger partial charge is 0.231 e. The molecule has 5 nitrogen and oxygen atoms in total. The number of rotatable bonds is 5. The van der Waals surface area contributed by atoms with Crippen molar-refractivity contribution in [1.29, 1.82) is 0 Å². The molecule has 0 radical (unpaired) electrons. The van der Waals surface area contributed by atoms with E-state index in [9.17, 15) is 4.79 Å². The highest BCUT2D eigenvalue weighted by molar-refractivity contribution is 5.96. The van der Waals surface area contributed by atoms with Crippen LogP contribution in [0.1, 0.15) is 31.2 Å². The Morgan fingerprint density at radius 2 is 1.82 bits per heavy atom. The highest BCUT2D eigenvalue weighted by atomic mass is 16.5. The van der Waals surface area contributed by atoms with Gasteiger partial charge in [-0.15, -0.1) is 0 Å². The molecule has 0 bridgehead atoms. The van der Waals surface area contributed by atoms with Gasteiger partial charge in [0, 0.05) is 13.1 Å². The first-order chi connectivity index (χ1) is 13.6. The zero-order chi connectivity index (χ0) is 19.5. The van der Waals surface area contributed by atoms with Gasteiger partial charge in [-0.2, -0.15) is 0 Å². The van der Waals surface area contributed by atoms with Crippen LogP contribution in [0.15, 0.2) is 54.7 Å². The largest absolute Gasteiger partial charge is 0.497 e. The number of carbonyl (C=O) groups is 1. The number of hydrogen-bond donors (Lipinski definition) is 1. The molecule has 1 aliphatic rings. The average Bonchev–Trinajstić information content (AvgIpc) is 3.28. The van der Waals surface area contributed by atoms with Gasteiger partial charge in [0.2, 0.25) is 5.91 Å². The zero-order valence-corrected chi connectivity index (χ0v) is 16.3. The molecule has 1 atom stereocenters. The standard InChI is InChI=1S/C23H25N3O2/c1-16(17-5-6-19-14-21(28-2)9-7-18(19)13-17)23(27)25-20-8-10-22(24-15-20)26-11-3-4-12-26/h5-10,13-16H,3-4,11-12H2,1-2H3,(H,25,27)/t16-/m0/s1. The van der Waals surface area contributed by atoms with E-state index in [1.54, 1.807) is 13.3 Å². The van der Waals surface area contributed by atoms with Crippen molar-refractivity contribution in [2.75, 3.05) is 30.4 Å². The van der Waals surface area contributed by atoms with Gasteiger partial charge in [0.15, 0.2) is 0 Å². The van der Waals surface area contributed by atoms with Gasteiger partial charge in [0.25, 0.3) is 0 Å². The maximum atomic E-state index is 12.7. The predicted octanol–water partition coefficient (Wildman–Crippen LogP) is 4.59. The summed E-state index contributed by atoms with van der Waals surface area (Å²) in [5.41, 5.74) is 1.71. The lowest BCUT2D eigenvalue weighted by molar-refractivity contribution is -0.117. The van der Waals surface area contributed by atoms with Gasteiger partial charge >= 0.3 is 0 Å².